The molecule has 10 nitrogen and oxygen atoms in total. The Kier molecular flexibility index (Phi) is 12.0. The Balaban J connectivity index is 2.22. The molecule has 0 aromatic heterocycles. The van der Waals surface area contributed by atoms with E-state index in [0.29, 0.717) is 5.75 Å². The minimum Gasteiger partial charge on any atom is -0.491 e. The van der Waals surface area contributed by atoms with Gasteiger partial charge in [0.05, 0.1) is 5.92 Å². The van der Waals surface area contributed by atoms with Crippen molar-refractivity contribution < 1.29 is 47.2 Å². The van der Waals surface area contributed by atoms with Crippen LogP contribution in [0.5, 0.6) is 5.75 Å². The number of hydrogen-bond donors (Lipinski definition) is 1. The molecule has 1 amide bonds. The fourth-order valence-corrected chi connectivity index (χ4v) is 4.33. The van der Waals surface area contributed by atoms with Crippen LogP contribution < -0.4 is 10.1 Å². The molecule has 1 heterocycles. The molecule has 0 unspecified atom stereocenters. The van der Waals surface area contributed by atoms with Crippen molar-refractivity contribution in [1.82, 2.24) is 5.32 Å². The normalized spacial score (nSPS) is 20.1. The first-order valence-corrected chi connectivity index (χ1v) is 14.6. The molecule has 43 heavy (non-hydrogen) atoms. The maximum absolute atomic E-state index is 13.4. The van der Waals surface area contributed by atoms with Gasteiger partial charge in [-0.25, -0.2) is 14.0 Å². The average molecular weight is 611 g/mol. The van der Waals surface area contributed by atoms with Crippen LogP contribution in [0.2, 0.25) is 0 Å². The van der Waals surface area contributed by atoms with E-state index in [2.05, 4.69) is 5.32 Å². The molecule has 2 rings (SSSR count). The lowest BCUT2D eigenvalue weighted by Gasteiger charge is -2.29. The van der Waals surface area contributed by atoms with Crippen molar-refractivity contribution >= 4 is 18.0 Å². The van der Waals surface area contributed by atoms with Crippen LogP contribution in [0, 0.1) is 5.92 Å². The summed E-state index contributed by atoms with van der Waals surface area (Å²) in [7, 11) is 0. The number of halogens is 1. The summed E-state index contributed by atoms with van der Waals surface area (Å²) in [4.78, 5) is 39.2. The Morgan fingerprint density at radius 2 is 1.35 bits per heavy atom. The lowest BCUT2D eigenvalue weighted by molar-refractivity contribution is -0.162. The number of benzene rings is 1. The lowest BCUT2D eigenvalue weighted by Crippen LogP contribution is -2.48. The number of carbonyl (C=O) groups excluding carboxylic acids is 3. The van der Waals surface area contributed by atoms with Crippen molar-refractivity contribution in [3.63, 3.8) is 0 Å². The molecule has 0 aliphatic carbocycles. The average Bonchev–Trinajstić information content (AvgIpc) is 3.12. The second-order valence-corrected chi connectivity index (χ2v) is 14.2. The minimum absolute atomic E-state index is 0.0826. The first-order valence-electron chi connectivity index (χ1n) is 14.6. The molecular formula is C32H50FNO9. The Morgan fingerprint density at radius 3 is 1.86 bits per heavy atom. The SMILES string of the molecule is CC(C)(C)OC(=O)N[C@@H](C[C@H](Cc1ccc(OC[C@@H]2OC(C)(C)O[C@H]2C[18F])cc1)C(=O)OC(C)(C)C)C(=O)OC(C)(C)C. The molecule has 0 saturated carbocycles. The van der Waals surface area contributed by atoms with Crippen molar-refractivity contribution in [2.75, 3.05) is 13.3 Å². The van der Waals surface area contributed by atoms with E-state index in [-0.39, 0.29) is 19.4 Å². The largest absolute Gasteiger partial charge is 0.491 e. The third-order valence-corrected chi connectivity index (χ3v) is 5.90. The third-order valence-electron chi connectivity index (χ3n) is 5.90. The summed E-state index contributed by atoms with van der Waals surface area (Å²) in [6.45, 7) is 18.4. The summed E-state index contributed by atoms with van der Waals surface area (Å²) in [6, 6.07) is 5.88. The van der Waals surface area contributed by atoms with Gasteiger partial charge in [0.1, 0.15) is 54.1 Å². The van der Waals surface area contributed by atoms with Crippen molar-refractivity contribution in [2.45, 2.75) is 130 Å². The monoisotopic (exact) mass is 610 g/mol. The van der Waals surface area contributed by atoms with Gasteiger partial charge in [-0.15, -0.1) is 0 Å². The Morgan fingerprint density at radius 1 is 0.837 bits per heavy atom. The zero-order valence-corrected chi connectivity index (χ0v) is 27.5. The van der Waals surface area contributed by atoms with Crippen LogP contribution in [0.3, 0.4) is 0 Å². The number of rotatable bonds is 11. The van der Waals surface area contributed by atoms with Gasteiger partial charge in [-0.3, -0.25) is 4.79 Å². The van der Waals surface area contributed by atoms with Gasteiger partial charge in [0, 0.05) is 0 Å². The number of hydrogen-bond acceptors (Lipinski definition) is 9. The highest BCUT2D eigenvalue weighted by atomic mass is 18.2. The number of nitrogens with one attached hydrogen (secondary N) is 1. The zero-order valence-electron chi connectivity index (χ0n) is 27.5. The van der Waals surface area contributed by atoms with Crippen molar-refractivity contribution in [3.8, 4) is 5.75 Å². The predicted molar refractivity (Wildman–Crippen MR) is 158 cm³/mol. The van der Waals surface area contributed by atoms with Gasteiger partial charge >= 0.3 is 18.0 Å². The van der Waals surface area contributed by atoms with Crippen LogP contribution >= 0.6 is 0 Å². The van der Waals surface area contributed by atoms with E-state index >= 15 is 0 Å². The van der Waals surface area contributed by atoms with E-state index in [0.717, 1.165) is 5.56 Å². The number of alkyl halides is 1. The van der Waals surface area contributed by atoms with E-state index < -0.39 is 71.5 Å². The molecule has 11 heteroatoms. The minimum atomic E-state index is -1.17. The number of esters is 2. The summed E-state index contributed by atoms with van der Waals surface area (Å²) in [5, 5.41) is 2.58. The van der Waals surface area contributed by atoms with Gasteiger partial charge in [-0.05, 0) is 107 Å². The molecule has 0 radical (unpaired) electrons. The maximum Gasteiger partial charge on any atom is 0.408 e. The van der Waals surface area contributed by atoms with Crippen LogP contribution in [0.25, 0.3) is 0 Å². The van der Waals surface area contributed by atoms with Gasteiger partial charge in [0.25, 0.3) is 0 Å². The summed E-state index contributed by atoms with van der Waals surface area (Å²) in [5.41, 5.74) is -1.62. The van der Waals surface area contributed by atoms with Crippen molar-refractivity contribution in [1.29, 1.82) is 0 Å². The number of carbonyl (C=O) groups is 3. The Hall–Kier alpha value is -2.92. The van der Waals surface area contributed by atoms with E-state index in [1.165, 1.54) is 0 Å². The van der Waals surface area contributed by atoms with Crippen LogP contribution in [0.15, 0.2) is 24.3 Å². The van der Waals surface area contributed by atoms with E-state index in [1.54, 1.807) is 100 Å². The second-order valence-electron chi connectivity index (χ2n) is 14.2. The zero-order chi connectivity index (χ0) is 32.8. The molecule has 244 valence electrons. The Bertz CT molecular complexity index is 1080. The maximum atomic E-state index is 13.4. The fraction of sp³-hybridized carbons (Fsp3) is 0.719. The van der Waals surface area contributed by atoms with Crippen LogP contribution in [-0.2, 0) is 39.7 Å². The van der Waals surface area contributed by atoms with Crippen LogP contribution in [-0.4, -0.2) is 72.2 Å². The number of amides is 1. The Labute approximate surface area is 255 Å². The first kappa shape index (κ1) is 36.3. The summed E-state index contributed by atoms with van der Waals surface area (Å²) < 4.78 is 47.1. The molecule has 1 saturated heterocycles. The second kappa shape index (κ2) is 14.2. The molecule has 1 fully saturated rings. The summed E-state index contributed by atoms with van der Waals surface area (Å²) in [6.07, 6.45) is -1.94. The molecule has 1 N–H and O–H groups in total. The molecule has 1 aromatic carbocycles. The molecule has 4 atom stereocenters. The standard InChI is InChI=1S/C32H50FNO9/c1-29(2,3)41-26(35)21(17-23(27(36)42-30(4,5)6)34-28(37)43-31(7,8)9)16-20-12-14-22(15-13-20)38-19-25-24(18-33)39-32(10,11)40-25/h12-15,21,23-25H,16-19H2,1-11H3,(H,34,37)/t21-,23-,24-,25-/m0/s1/i33-1. The quantitative estimate of drug-likeness (QED) is 0.249. The van der Waals surface area contributed by atoms with E-state index in [9.17, 15) is 18.8 Å². The van der Waals surface area contributed by atoms with Crippen LogP contribution in [0.4, 0.5) is 9.18 Å². The predicted octanol–water partition coefficient (Wildman–Crippen LogP) is 5.68. The highest BCUT2D eigenvalue weighted by Crippen LogP contribution is 2.29. The van der Waals surface area contributed by atoms with Crippen molar-refractivity contribution in [2.24, 2.45) is 5.92 Å². The molecular weight excluding hydrogens is 560 g/mol. The fourth-order valence-electron chi connectivity index (χ4n) is 4.33. The lowest BCUT2D eigenvalue weighted by atomic mass is 9.92. The summed E-state index contributed by atoms with van der Waals surface area (Å²) >= 11 is 0. The van der Waals surface area contributed by atoms with E-state index in [1.807, 2.05) is 0 Å². The van der Waals surface area contributed by atoms with Crippen molar-refractivity contribution in [3.05, 3.63) is 29.8 Å². The molecule has 1 aromatic rings. The molecule has 0 spiro atoms. The topological polar surface area (TPSA) is 119 Å². The summed E-state index contributed by atoms with van der Waals surface area (Å²) in [5.74, 6) is -2.38. The molecule has 1 aliphatic rings. The van der Waals surface area contributed by atoms with Gasteiger partial charge in [0.2, 0.25) is 0 Å². The van der Waals surface area contributed by atoms with E-state index in [4.69, 9.17) is 28.4 Å². The molecule has 1 aliphatic heterocycles. The number of alkyl carbamates (subject to hydrolysis) is 1. The van der Waals surface area contributed by atoms with Gasteiger partial charge in [0.15, 0.2) is 5.79 Å². The molecule has 0 bridgehead atoms. The highest BCUT2D eigenvalue weighted by molar-refractivity contribution is 5.83. The highest BCUT2D eigenvalue weighted by Gasteiger charge is 2.42. The number of ether oxygens (including phenoxy) is 6. The third kappa shape index (κ3) is 13.5. The smallest absolute Gasteiger partial charge is 0.408 e. The van der Waals surface area contributed by atoms with Crippen LogP contribution in [0.1, 0.15) is 88.1 Å². The van der Waals surface area contributed by atoms with Gasteiger partial charge in [-0.2, -0.15) is 0 Å². The van der Waals surface area contributed by atoms with Gasteiger partial charge in [-0.1, -0.05) is 12.1 Å². The van der Waals surface area contributed by atoms with Gasteiger partial charge < -0.3 is 33.7 Å². The first-order chi connectivity index (χ1) is 19.6.